The molecule has 0 aromatic heterocycles. The minimum absolute atomic E-state index is 0.0378. The number of amides is 1. The summed E-state index contributed by atoms with van der Waals surface area (Å²) in [5, 5.41) is 2.82. The van der Waals surface area contributed by atoms with E-state index in [9.17, 15) is 13.2 Å². The molecule has 144 valence electrons. The van der Waals surface area contributed by atoms with Gasteiger partial charge >= 0.3 is 0 Å². The van der Waals surface area contributed by atoms with Crippen LogP contribution in [0.4, 0.5) is 11.4 Å². The van der Waals surface area contributed by atoms with E-state index in [0.29, 0.717) is 17.8 Å². The van der Waals surface area contributed by atoms with Crippen LogP contribution >= 0.6 is 0 Å². The molecule has 3 aromatic carbocycles. The van der Waals surface area contributed by atoms with Crippen LogP contribution in [-0.2, 0) is 16.4 Å². The van der Waals surface area contributed by atoms with Gasteiger partial charge in [0.15, 0.2) is 0 Å². The Balaban J connectivity index is 1.86. The lowest BCUT2D eigenvalue weighted by Crippen LogP contribution is -2.16. The molecule has 0 aliphatic rings. The highest BCUT2D eigenvalue weighted by molar-refractivity contribution is 7.92. The van der Waals surface area contributed by atoms with E-state index in [1.54, 1.807) is 30.3 Å². The molecule has 0 saturated heterocycles. The Labute approximate surface area is 165 Å². The Morgan fingerprint density at radius 3 is 2.29 bits per heavy atom. The Morgan fingerprint density at radius 1 is 0.893 bits per heavy atom. The third-order valence-electron chi connectivity index (χ3n) is 4.44. The molecule has 0 radical (unpaired) electrons. The normalized spacial score (nSPS) is 11.1. The van der Waals surface area contributed by atoms with Crippen molar-refractivity contribution in [2.45, 2.75) is 25.2 Å². The van der Waals surface area contributed by atoms with Crippen LogP contribution in [0.3, 0.4) is 0 Å². The first-order valence-electron chi connectivity index (χ1n) is 8.98. The van der Waals surface area contributed by atoms with Gasteiger partial charge in [-0.1, -0.05) is 49.4 Å². The van der Waals surface area contributed by atoms with Gasteiger partial charge in [0.2, 0.25) is 0 Å². The molecular formula is C22H22N2O3S. The number of hydrogen-bond acceptors (Lipinski definition) is 3. The lowest BCUT2D eigenvalue weighted by atomic mass is 10.1. The van der Waals surface area contributed by atoms with Gasteiger partial charge in [0.25, 0.3) is 15.9 Å². The molecule has 0 saturated carbocycles. The fourth-order valence-electron chi connectivity index (χ4n) is 2.84. The number of sulfonamides is 1. The van der Waals surface area contributed by atoms with Gasteiger partial charge in [-0.05, 0) is 54.8 Å². The van der Waals surface area contributed by atoms with Crippen LogP contribution in [0.5, 0.6) is 0 Å². The van der Waals surface area contributed by atoms with Gasteiger partial charge in [-0.25, -0.2) is 8.42 Å². The summed E-state index contributed by atoms with van der Waals surface area (Å²) in [7, 11) is -3.81. The zero-order valence-electron chi connectivity index (χ0n) is 15.8. The largest absolute Gasteiger partial charge is 0.322 e. The van der Waals surface area contributed by atoms with E-state index in [2.05, 4.69) is 10.0 Å². The van der Waals surface area contributed by atoms with Gasteiger partial charge in [0.1, 0.15) is 0 Å². The van der Waals surface area contributed by atoms with Gasteiger partial charge < -0.3 is 5.32 Å². The highest BCUT2D eigenvalue weighted by atomic mass is 32.2. The van der Waals surface area contributed by atoms with Gasteiger partial charge in [-0.15, -0.1) is 0 Å². The van der Waals surface area contributed by atoms with Crippen LogP contribution in [0.2, 0.25) is 0 Å². The Hall–Kier alpha value is -3.12. The summed E-state index contributed by atoms with van der Waals surface area (Å²) in [5.41, 5.74) is 3.34. The molecule has 0 bridgehead atoms. The molecule has 3 rings (SSSR count). The van der Waals surface area contributed by atoms with E-state index in [4.69, 9.17) is 0 Å². The Morgan fingerprint density at radius 2 is 1.57 bits per heavy atom. The van der Waals surface area contributed by atoms with Crippen molar-refractivity contribution >= 4 is 27.3 Å². The maximum absolute atomic E-state index is 12.8. The number of benzene rings is 3. The first-order chi connectivity index (χ1) is 13.4. The smallest absolute Gasteiger partial charge is 0.261 e. The van der Waals surface area contributed by atoms with Crippen LogP contribution in [-0.4, -0.2) is 14.3 Å². The second-order valence-electron chi connectivity index (χ2n) is 6.41. The number of nitrogens with one attached hydrogen (secondary N) is 2. The van der Waals surface area contributed by atoms with Crippen molar-refractivity contribution in [1.82, 2.24) is 0 Å². The second kappa shape index (κ2) is 8.27. The molecule has 0 aliphatic heterocycles. The average Bonchev–Trinajstić information content (AvgIpc) is 2.70. The van der Waals surface area contributed by atoms with Gasteiger partial charge in [-0.3, -0.25) is 9.52 Å². The van der Waals surface area contributed by atoms with E-state index in [1.807, 2.05) is 44.2 Å². The summed E-state index contributed by atoms with van der Waals surface area (Å²) in [5.74, 6) is -0.361. The molecule has 0 fully saturated rings. The number of aryl methyl sites for hydroxylation is 2. The molecule has 0 atom stereocenters. The van der Waals surface area contributed by atoms with Crippen molar-refractivity contribution in [1.29, 1.82) is 0 Å². The molecule has 28 heavy (non-hydrogen) atoms. The van der Waals surface area contributed by atoms with Gasteiger partial charge in [0, 0.05) is 11.3 Å². The van der Waals surface area contributed by atoms with Gasteiger partial charge in [-0.2, -0.15) is 0 Å². The molecule has 0 heterocycles. The van der Waals surface area contributed by atoms with Crippen LogP contribution in [0, 0.1) is 6.92 Å². The van der Waals surface area contributed by atoms with E-state index in [0.717, 1.165) is 11.1 Å². The predicted molar refractivity (Wildman–Crippen MR) is 112 cm³/mol. The summed E-state index contributed by atoms with van der Waals surface area (Å²) in [6, 6.07) is 20.7. The number of carbonyl (C=O) groups excluding carboxylic acids is 1. The van der Waals surface area contributed by atoms with E-state index in [1.165, 1.54) is 12.1 Å². The highest BCUT2D eigenvalue weighted by Gasteiger charge is 2.18. The molecule has 2 N–H and O–H groups in total. The van der Waals surface area contributed by atoms with Crippen molar-refractivity contribution in [2.24, 2.45) is 0 Å². The Bertz CT molecular complexity index is 1110. The molecule has 0 spiro atoms. The molecular weight excluding hydrogens is 372 g/mol. The fraction of sp³-hybridized carbons (Fsp3) is 0.136. The first-order valence-corrected chi connectivity index (χ1v) is 10.5. The maximum Gasteiger partial charge on any atom is 0.261 e. The van der Waals surface area contributed by atoms with Gasteiger partial charge in [0.05, 0.1) is 10.6 Å². The SMILES string of the molecule is CCc1ccccc1NS(=O)(=O)c1cccc(C(=O)Nc2ccccc2C)c1. The number of para-hydroxylation sites is 2. The zero-order chi connectivity index (χ0) is 20.1. The molecule has 1 amide bonds. The molecule has 5 nitrogen and oxygen atoms in total. The van der Waals surface area contributed by atoms with Crippen molar-refractivity contribution in [3.63, 3.8) is 0 Å². The summed E-state index contributed by atoms with van der Waals surface area (Å²) in [6.07, 6.45) is 0.706. The van der Waals surface area contributed by atoms with Crippen molar-refractivity contribution in [3.8, 4) is 0 Å². The molecule has 3 aromatic rings. The summed E-state index contributed by atoms with van der Waals surface area (Å²) >= 11 is 0. The van der Waals surface area contributed by atoms with Crippen molar-refractivity contribution in [3.05, 3.63) is 89.5 Å². The summed E-state index contributed by atoms with van der Waals surface area (Å²) in [4.78, 5) is 12.6. The molecule has 0 unspecified atom stereocenters. The van der Waals surface area contributed by atoms with Crippen molar-refractivity contribution < 1.29 is 13.2 Å². The van der Waals surface area contributed by atoms with Crippen LogP contribution in [0.1, 0.15) is 28.4 Å². The monoisotopic (exact) mass is 394 g/mol. The lowest BCUT2D eigenvalue weighted by Gasteiger charge is -2.13. The van der Waals surface area contributed by atoms with Crippen molar-refractivity contribution in [2.75, 3.05) is 10.0 Å². The van der Waals surface area contributed by atoms with Crippen LogP contribution < -0.4 is 10.0 Å². The zero-order valence-corrected chi connectivity index (χ0v) is 16.6. The summed E-state index contributed by atoms with van der Waals surface area (Å²) in [6.45, 7) is 3.86. The Kier molecular flexibility index (Phi) is 5.80. The quantitative estimate of drug-likeness (QED) is 0.641. The standard InChI is InChI=1S/C22H22N2O3S/c1-3-17-10-5-7-14-21(17)24-28(26,27)19-12-8-11-18(15-19)22(25)23-20-13-6-4-9-16(20)2/h4-15,24H,3H2,1-2H3,(H,23,25). The molecule has 6 heteroatoms. The first kappa shape index (κ1) is 19.6. The van der Waals surface area contributed by atoms with E-state index in [-0.39, 0.29) is 16.4 Å². The topological polar surface area (TPSA) is 75.3 Å². The highest BCUT2D eigenvalue weighted by Crippen LogP contribution is 2.22. The number of rotatable bonds is 6. The predicted octanol–water partition coefficient (Wildman–Crippen LogP) is 4.61. The number of carbonyl (C=O) groups is 1. The number of hydrogen-bond donors (Lipinski definition) is 2. The van der Waals surface area contributed by atoms with Crippen LogP contribution in [0.25, 0.3) is 0 Å². The minimum atomic E-state index is -3.81. The van der Waals surface area contributed by atoms with Crippen LogP contribution in [0.15, 0.2) is 77.7 Å². The summed E-state index contributed by atoms with van der Waals surface area (Å²) < 4.78 is 28.2. The van der Waals surface area contributed by atoms with E-state index < -0.39 is 10.0 Å². The third kappa shape index (κ3) is 4.40. The third-order valence-corrected chi connectivity index (χ3v) is 5.81. The number of anilines is 2. The fourth-order valence-corrected chi connectivity index (χ4v) is 3.99. The minimum Gasteiger partial charge on any atom is -0.322 e. The maximum atomic E-state index is 12.8. The lowest BCUT2D eigenvalue weighted by molar-refractivity contribution is 0.102. The average molecular weight is 394 g/mol. The second-order valence-corrected chi connectivity index (χ2v) is 8.10. The van der Waals surface area contributed by atoms with E-state index >= 15 is 0 Å². The molecule has 0 aliphatic carbocycles.